The minimum absolute atomic E-state index is 0.0856. The van der Waals surface area contributed by atoms with E-state index in [0.717, 1.165) is 34.9 Å². The molecule has 0 radical (unpaired) electrons. The average molecular weight is 277 g/mol. The maximum atomic E-state index is 6.15. The normalized spacial score (nSPS) is 22.9. The molecule has 0 aliphatic carbocycles. The summed E-state index contributed by atoms with van der Waals surface area (Å²) in [4.78, 5) is 4.65. The van der Waals surface area contributed by atoms with E-state index < -0.39 is 0 Å². The Morgan fingerprint density at radius 1 is 1.37 bits per heavy atom. The molecule has 2 N–H and O–H groups in total. The molecule has 5 heteroatoms. The Morgan fingerprint density at radius 2 is 2.21 bits per heavy atom. The number of halogens is 1. The number of H-pyrrole nitrogens is 1. The summed E-state index contributed by atoms with van der Waals surface area (Å²) in [7, 11) is 0. The van der Waals surface area contributed by atoms with E-state index in [2.05, 4.69) is 27.4 Å². The van der Waals surface area contributed by atoms with Crippen LogP contribution in [0.4, 0.5) is 0 Å². The smallest absolute Gasteiger partial charge is 0.181 e. The lowest BCUT2D eigenvalue weighted by Gasteiger charge is -2.20. The largest absolute Gasteiger partial charge is 0.305 e. The molecule has 1 aromatic carbocycles. The van der Waals surface area contributed by atoms with Crippen molar-refractivity contribution in [1.82, 2.24) is 20.5 Å². The molecule has 0 unspecified atom stereocenters. The van der Waals surface area contributed by atoms with Crippen molar-refractivity contribution in [2.45, 2.75) is 32.2 Å². The molecule has 1 aliphatic rings. The number of nitrogens with one attached hydrogen (secondary N) is 2. The molecule has 19 heavy (non-hydrogen) atoms. The fraction of sp³-hybridized carbons (Fsp3) is 0.429. The lowest BCUT2D eigenvalue weighted by Crippen LogP contribution is -2.34. The lowest BCUT2D eigenvalue weighted by atomic mass is 10.00. The first kappa shape index (κ1) is 12.6. The summed E-state index contributed by atoms with van der Waals surface area (Å²) in [5.41, 5.74) is 1.91. The van der Waals surface area contributed by atoms with Crippen LogP contribution in [0.15, 0.2) is 18.2 Å². The number of hydrogen-bond donors (Lipinski definition) is 2. The summed E-state index contributed by atoms with van der Waals surface area (Å²) in [6.07, 6.45) is 2.25. The van der Waals surface area contributed by atoms with Crippen LogP contribution in [0.2, 0.25) is 5.02 Å². The fourth-order valence-corrected chi connectivity index (χ4v) is 2.75. The molecule has 2 aromatic rings. The van der Waals surface area contributed by atoms with Crippen LogP contribution in [-0.4, -0.2) is 21.7 Å². The molecule has 3 rings (SSSR count). The van der Waals surface area contributed by atoms with Gasteiger partial charge in [-0.25, -0.2) is 4.98 Å². The van der Waals surface area contributed by atoms with Gasteiger partial charge in [0.25, 0.3) is 0 Å². The zero-order valence-corrected chi connectivity index (χ0v) is 11.9. The number of rotatable bonds is 2. The Labute approximate surface area is 117 Å². The van der Waals surface area contributed by atoms with Gasteiger partial charge in [-0.1, -0.05) is 23.7 Å². The molecule has 0 saturated carbocycles. The second kappa shape index (κ2) is 4.62. The van der Waals surface area contributed by atoms with Crippen LogP contribution in [0.25, 0.3) is 11.4 Å². The molecule has 0 bridgehead atoms. The van der Waals surface area contributed by atoms with Crippen LogP contribution in [-0.2, 0) is 5.54 Å². The van der Waals surface area contributed by atoms with Gasteiger partial charge in [0.15, 0.2) is 5.82 Å². The first-order chi connectivity index (χ1) is 9.10. The molecular weight excluding hydrogens is 260 g/mol. The summed E-state index contributed by atoms with van der Waals surface area (Å²) in [5.74, 6) is 1.62. The standard InChI is InChI=1S/C14H17ClN4/c1-9-10(5-3-6-11(9)15)12-17-13(19-18-12)14(2)7-4-8-16-14/h3,5-6,16H,4,7-8H2,1-2H3,(H,17,18,19)/t14-/m1/s1. The van der Waals surface area contributed by atoms with E-state index in [1.54, 1.807) is 0 Å². The monoisotopic (exact) mass is 276 g/mol. The van der Waals surface area contributed by atoms with Crippen LogP contribution in [0.1, 0.15) is 31.2 Å². The maximum Gasteiger partial charge on any atom is 0.181 e. The third-order valence-corrected chi connectivity index (χ3v) is 4.29. The molecule has 0 amide bonds. The molecule has 1 fully saturated rings. The van der Waals surface area contributed by atoms with Gasteiger partial charge in [-0.05, 0) is 44.9 Å². The predicted molar refractivity (Wildman–Crippen MR) is 76.2 cm³/mol. The van der Waals surface area contributed by atoms with Crippen molar-refractivity contribution in [2.75, 3.05) is 6.54 Å². The highest BCUT2D eigenvalue weighted by molar-refractivity contribution is 6.31. The van der Waals surface area contributed by atoms with Crippen LogP contribution in [0, 0.1) is 6.92 Å². The van der Waals surface area contributed by atoms with E-state index in [4.69, 9.17) is 11.6 Å². The Bertz CT molecular complexity index is 599. The number of aromatic amines is 1. The van der Waals surface area contributed by atoms with E-state index >= 15 is 0 Å². The predicted octanol–water partition coefficient (Wildman–Crippen LogP) is 3.03. The molecule has 1 aromatic heterocycles. The second-order valence-electron chi connectivity index (χ2n) is 5.28. The van der Waals surface area contributed by atoms with Gasteiger partial charge in [0.05, 0.1) is 5.54 Å². The molecule has 2 heterocycles. The summed E-state index contributed by atoms with van der Waals surface area (Å²) < 4.78 is 0. The molecule has 1 saturated heterocycles. The van der Waals surface area contributed by atoms with Crippen molar-refractivity contribution >= 4 is 11.6 Å². The van der Waals surface area contributed by atoms with E-state index in [0.29, 0.717) is 5.82 Å². The Kier molecular flexibility index (Phi) is 3.07. The quantitative estimate of drug-likeness (QED) is 0.886. The molecular formula is C14H17ClN4. The summed E-state index contributed by atoms with van der Waals surface area (Å²) in [6.45, 7) is 5.18. The Balaban J connectivity index is 1.99. The van der Waals surface area contributed by atoms with E-state index in [9.17, 15) is 0 Å². The Morgan fingerprint density at radius 3 is 2.95 bits per heavy atom. The van der Waals surface area contributed by atoms with Crippen LogP contribution in [0.5, 0.6) is 0 Å². The van der Waals surface area contributed by atoms with Gasteiger partial charge in [-0.2, -0.15) is 5.10 Å². The van der Waals surface area contributed by atoms with Gasteiger partial charge in [0.2, 0.25) is 0 Å². The van der Waals surface area contributed by atoms with E-state index in [1.165, 1.54) is 6.42 Å². The zero-order valence-electron chi connectivity index (χ0n) is 11.1. The van der Waals surface area contributed by atoms with Crippen molar-refractivity contribution in [3.8, 4) is 11.4 Å². The molecule has 4 nitrogen and oxygen atoms in total. The first-order valence-corrected chi connectivity index (χ1v) is 6.91. The maximum absolute atomic E-state index is 6.15. The Hall–Kier alpha value is -1.39. The first-order valence-electron chi connectivity index (χ1n) is 6.53. The highest BCUT2D eigenvalue weighted by Crippen LogP contribution is 2.30. The highest BCUT2D eigenvalue weighted by Gasteiger charge is 2.33. The molecule has 1 aliphatic heterocycles. The summed E-state index contributed by atoms with van der Waals surface area (Å²) >= 11 is 6.15. The third-order valence-electron chi connectivity index (χ3n) is 3.89. The lowest BCUT2D eigenvalue weighted by molar-refractivity contribution is 0.408. The summed E-state index contributed by atoms with van der Waals surface area (Å²) in [5, 5.41) is 11.6. The minimum Gasteiger partial charge on any atom is -0.305 e. The van der Waals surface area contributed by atoms with Crippen LogP contribution in [0.3, 0.4) is 0 Å². The zero-order chi connectivity index (χ0) is 13.5. The van der Waals surface area contributed by atoms with Crippen molar-refractivity contribution in [1.29, 1.82) is 0 Å². The van der Waals surface area contributed by atoms with Gasteiger partial charge in [0.1, 0.15) is 5.82 Å². The van der Waals surface area contributed by atoms with E-state index in [-0.39, 0.29) is 5.54 Å². The second-order valence-corrected chi connectivity index (χ2v) is 5.69. The van der Waals surface area contributed by atoms with Gasteiger partial charge in [-0.15, -0.1) is 0 Å². The number of nitrogens with zero attached hydrogens (tertiary/aromatic N) is 2. The van der Waals surface area contributed by atoms with E-state index in [1.807, 2.05) is 25.1 Å². The van der Waals surface area contributed by atoms with Crippen LogP contribution < -0.4 is 5.32 Å². The fourth-order valence-electron chi connectivity index (χ4n) is 2.58. The third kappa shape index (κ3) is 2.15. The van der Waals surface area contributed by atoms with Crippen molar-refractivity contribution < 1.29 is 0 Å². The average Bonchev–Trinajstić information content (AvgIpc) is 3.02. The van der Waals surface area contributed by atoms with Crippen molar-refractivity contribution in [3.63, 3.8) is 0 Å². The van der Waals surface area contributed by atoms with Gasteiger partial charge >= 0.3 is 0 Å². The SMILES string of the molecule is Cc1c(Cl)cccc1-c1n[nH]c([C@@]2(C)CCCN2)n1. The van der Waals surface area contributed by atoms with Gasteiger partial charge in [-0.3, -0.25) is 5.10 Å². The molecule has 0 spiro atoms. The number of benzene rings is 1. The number of hydrogen-bond acceptors (Lipinski definition) is 3. The topological polar surface area (TPSA) is 53.6 Å². The highest BCUT2D eigenvalue weighted by atomic mass is 35.5. The van der Waals surface area contributed by atoms with Crippen LogP contribution >= 0.6 is 11.6 Å². The summed E-state index contributed by atoms with van der Waals surface area (Å²) in [6, 6.07) is 5.81. The van der Waals surface area contributed by atoms with Gasteiger partial charge < -0.3 is 5.32 Å². The minimum atomic E-state index is -0.0856. The molecule has 1 atom stereocenters. The molecule has 100 valence electrons. The van der Waals surface area contributed by atoms with Crippen molar-refractivity contribution in [2.24, 2.45) is 0 Å². The van der Waals surface area contributed by atoms with Gasteiger partial charge in [0, 0.05) is 10.6 Å². The number of aromatic nitrogens is 3. The van der Waals surface area contributed by atoms with Crippen molar-refractivity contribution in [3.05, 3.63) is 34.6 Å².